The Balaban J connectivity index is 1.59. The van der Waals surface area contributed by atoms with Crippen molar-refractivity contribution in [2.45, 2.75) is 63.5 Å². The van der Waals surface area contributed by atoms with Crippen molar-refractivity contribution in [2.24, 2.45) is 5.92 Å². The Morgan fingerprint density at radius 3 is 2.74 bits per heavy atom. The van der Waals surface area contributed by atoms with Crippen molar-refractivity contribution in [2.75, 3.05) is 6.54 Å². The summed E-state index contributed by atoms with van der Waals surface area (Å²) in [5.41, 5.74) is 0.649. The Bertz CT molecular complexity index is 724. The van der Waals surface area contributed by atoms with Gasteiger partial charge in [-0.2, -0.15) is 5.26 Å². The van der Waals surface area contributed by atoms with Gasteiger partial charge in [-0.05, 0) is 42.9 Å². The average Bonchev–Trinajstić information content (AvgIpc) is 3.35. The smallest absolute Gasteiger partial charge is 0.244 e. The predicted molar refractivity (Wildman–Crippen MR) is 104 cm³/mol. The van der Waals surface area contributed by atoms with E-state index in [-0.39, 0.29) is 11.8 Å². The quantitative estimate of drug-likeness (QED) is 0.802. The molecule has 1 unspecified atom stereocenters. The van der Waals surface area contributed by atoms with Crippen LogP contribution in [0.2, 0.25) is 5.02 Å². The molecule has 1 saturated carbocycles. The lowest BCUT2D eigenvalue weighted by atomic mass is 10.0. The number of nitrogens with one attached hydrogen (secondary N) is 1. The third-order valence-electron chi connectivity index (χ3n) is 5.71. The molecule has 1 aromatic carbocycles. The summed E-state index contributed by atoms with van der Waals surface area (Å²) in [4.78, 5) is 27.1. The molecular weight excluding hydrogens is 362 g/mol. The molecule has 0 bridgehead atoms. The number of nitrogens with zero attached hydrogens (tertiary/aromatic N) is 2. The maximum atomic E-state index is 12.8. The minimum Gasteiger partial charge on any atom is -0.335 e. The molecule has 0 aromatic heterocycles. The third-order valence-corrected chi connectivity index (χ3v) is 5.95. The maximum Gasteiger partial charge on any atom is 0.244 e. The van der Waals surface area contributed by atoms with Crippen LogP contribution in [0.1, 0.15) is 63.0 Å². The fourth-order valence-corrected chi connectivity index (χ4v) is 4.42. The van der Waals surface area contributed by atoms with E-state index in [1.165, 1.54) is 25.7 Å². The second kappa shape index (κ2) is 9.23. The second-order valence-corrected chi connectivity index (χ2v) is 8.00. The average molecular weight is 388 g/mol. The lowest BCUT2D eigenvalue weighted by molar-refractivity contribution is -0.138. The molecular formula is C21H26ClN3O2. The third kappa shape index (κ3) is 5.01. The molecule has 3 rings (SSSR count). The molecule has 0 spiro atoms. The van der Waals surface area contributed by atoms with E-state index in [4.69, 9.17) is 11.6 Å². The fraction of sp³-hybridized carbons (Fsp3) is 0.571. The van der Waals surface area contributed by atoms with Crippen LogP contribution in [0.5, 0.6) is 0 Å². The topological polar surface area (TPSA) is 73.2 Å². The number of carbonyl (C=O) groups is 2. The van der Waals surface area contributed by atoms with Crippen molar-refractivity contribution in [3.8, 4) is 6.07 Å². The van der Waals surface area contributed by atoms with Gasteiger partial charge in [0, 0.05) is 18.0 Å². The van der Waals surface area contributed by atoms with Gasteiger partial charge in [0.15, 0.2) is 0 Å². The molecule has 1 saturated heterocycles. The number of carbonyl (C=O) groups excluding carboxylic acids is 2. The van der Waals surface area contributed by atoms with Gasteiger partial charge in [-0.3, -0.25) is 9.59 Å². The molecule has 1 heterocycles. The predicted octanol–water partition coefficient (Wildman–Crippen LogP) is 3.98. The highest BCUT2D eigenvalue weighted by atomic mass is 35.5. The monoisotopic (exact) mass is 387 g/mol. The van der Waals surface area contributed by atoms with E-state index in [0.717, 1.165) is 12.8 Å². The molecule has 6 heteroatoms. The van der Waals surface area contributed by atoms with E-state index in [1.807, 2.05) is 0 Å². The van der Waals surface area contributed by atoms with Crippen molar-refractivity contribution < 1.29 is 9.59 Å². The number of amides is 2. The first kappa shape index (κ1) is 19.7. The Hall–Kier alpha value is -2.06. The molecule has 2 amide bonds. The first-order valence-electron chi connectivity index (χ1n) is 9.83. The van der Waals surface area contributed by atoms with Crippen LogP contribution in [0.4, 0.5) is 0 Å². The molecule has 2 aliphatic rings. The van der Waals surface area contributed by atoms with Gasteiger partial charge in [-0.1, -0.05) is 49.4 Å². The Kier molecular flexibility index (Phi) is 6.73. The van der Waals surface area contributed by atoms with Crippen LogP contribution < -0.4 is 5.32 Å². The Labute approximate surface area is 165 Å². The first-order valence-corrected chi connectivity index (χ1v) is 10.2. The molecule has 1 N–H and O–H groups in total. The fourth-order valence-electron chi connectivity index (χ4n) is 4.22. The molecule has 2 atom stereocenters. The number of halogens is 1. The van der Waals surface area contributed by atoms with Gasteiger partial charge in [-0.25, -0.2) is 0 Å². The zero-order valence-electron chi connectivity index (χ0n) is 15.5. The highest BCUT2D eigenvalue weighted by Gasteiger charge is 2.35. The van der Waals surface area contributed by atoms with Crippen LogP contribution in [-0.4, -0.2) is 29.3 Å². The van der Waals surface area contributed by atoms with Crippen LogP contribution in [0.15, 0.2) is 24.3 Å². The lowest BCUT2D eigenvalue weighted by Crippen LogP contribution is -2.46. The van der Waals surface area contributed by atoms with E-state index in [1.54, 1.807) is 29.2 Å². The van der Waals surface area contributed by atoms with Crippen molar-refractivity contribution >= 4 is 23.4 Å². The van der Waals surface area contributed by atoms with E-state index < -0.39 is 12.1 Å². The highest BCUT2D eigenvalue weighted by molar-refractivity contribution is 6.30. The van der Waals surface area contributed by atoms with Crippen molar-refractivity contribution in [1.29, 1.82) is 5.26 Å². The van der Waals surface area contributed by atoms with Gasteiger partial charge in [0.2, 0.25) is 11.8 Å². The molecule has 1 aromatic rings. The SMILES string of the molecule is N#CC(NC(=O)[C@@H]1CCCN1C(=O)CCC1CCCC1)c1cccc(Cl)c1. The van der Waals surface area contributed by atoms with E-state index in [2.05, 4.69) is 11.4 Å². The van der Waals surface area contributed by atoms with Crippen molar-refractivity contribution in [3.05, 3.63) is 34.9 Å². The van der Waals surface area contributed by atoms with Gasteiger partial charge >= 0.3 is 0 Å². The molecule has 0 radical (unpaired) electrons. The number of nitriles is 1. The maximum absolute atomic E-state index is 12.8. The van der Waals surface area contributed by atoms with Crippen LogP contribution in [0.25, 0.3) is 0 Å². The second-order valence-electron chi connectivity index (χ2n) is 7.56. The summed E-state index contributed by atoms with van der Waals surface area (Å²) in [6.45, 7) is 0.621. The normalized spacial score (nSPS) is 21.0. The van der Waals surface area contributed by atoms with Crippen LogP contribution in [0.3, 0.4) is 0 Å². The number of benzene rings is 1. The number of hydrogen-bond donors (Lipinski definition) is 1. The van der Waals surface area contributed by atoms with Gasteiger partial charge < -0.3 is 10.2 Å². The summed E-state index contributed by atoms with van der Waals surface area (Å²) in [5.74, 6) is 0.471. The van der Waals surface area contributed by atoms with E-state index in [9.17, 15) is 14.9 Å². The van der Waals surface area contributed by atoms with Crippen LogP contribution in [0, 0.1) is 17.2 Å². The van der Waals surface area contributed by atoms with E-state index in [0.29, 0.717) is 35.9 Å². The zero-order chi connectivity index (χ0) is 19.2. The summed E-state index contributed by atoms with van der Waals surface area (Å²) in [5, 5.41) is 12.8. The summed E-state index contributed by atoms with van der Waals surface area (Å²) < 4.78 is 0. The van der Waals surface area contributed by atoms with Crippen LogP contribution >= 0.6 is 11.6 Å². The highest BCUT2D eigenvalue weighted by Crippen LogP contribution is 2.29. The first-order chi connectivity index (χ1) is 13.1. The van der Waals surface area contributed by atoms with Gasteiger partial charge in [-0.15, -0.1) is 0 Å². The van der Waals surface area contributed by atoms with Gasteiger partial charge in [0.1, 0.15) is 12.1 Å². The molecule has 1 aliphatic heterocycles. The summed E-state index contributed by atoms with van der Waals surface area (Å²) >= 11 is 5.99. The van der Waals surface area contributed by atoms with Gasteiger partial charge in [0.05, 0.1) is 6.07 Å². The molecule has 144 valence electrons. The molecule has 2 fully saturated rings. The Morgan fingerprint density at radius 2 is 2.04 bits per heavy atom. The number of likely N-dealkylation sites (tertiary alicyclic amines) is 1. The number of rotatable bonds is 6. The lowest BCUT2D eigenvalue weighted by Gasteiger charge is -2.25. The Morgan fingerprint density at radius 1 is 1.26 bits per heavy atom. The zero-order valence-corrected chi connectivity index (χ0v) is 16.3. The summed E-state index contributed by atoms with van der Waals surface area (Å²) in [7, 11) is 0. The van der Waals surface area contributed by atoms with Crippen molar-refractivity contribution in [1.82, 2.24) is 10.2 Å². The molecule has 5 nitrogen and oxygen atoms in total. The standard InChI is InChI=1S/C21H26ClN3O2/c22-17-8-3-7-16(13-17)18(14-23)24-21(27)19-9-4-12-25(19)20(26)11-10-15-5-1-2-6-15/h3,7-8,13,15,18-19H,1-2,4-6,9-12H2,(H,24,27)/t18?,19-/m0/s1. The molecule has 27 heavy (non-hydrogen) atoms. The summed E-state index contributed by atoms with van der Waals surface area (Å²) in [6.07, 6.45) is 7.90. The minimum atomic E-state index is -0.771. The van der Waals surface area contributed by atoms with Crippen LogP contribution in [-0.2, 0) is 9.59 Å². The largest absolute Gasteiger partial charge is 0.335 e. The van der Waals surface area contributed by atoms with Crippen molar-refractivity contribution in [3.63, 3.8) is 0 Å². The molecule has 1 aliphatic carbocycles. The summed E-state index contributed by atoms with van der Waals surface area (Å²) in [6, 6.07) is 7.78. The minimum absolute atomic E-state index is 0.0656. The number of hydrogen-bond acceptors (Lipinski definition) is 3. The van der Waals surface area contributed by atoms with Gasteiger partial charge in [0.25, 0.3) is 0 Å². The van der Waals surface area contributed by atoms with E-state index >= 15 is 0 Å².